The number of aromatic nitrogens is 1. The quantitative estimate of drug-likeness (QED) is 0.435. The van der Waals surface area contributed by atoms with E-state index in [4.69, 9.17) is 5.73 Å². The molecule has 2 heterocycles. The second kappa shape index (κ2) is 10.7. The zero-order valence-electron chi connectivity index (χ0n) is 19.4. The third kappa shape index (κ3) is 6.12. The van der Waals surface area contributed by atoms with Crippen LogP contribution in [0.1, 0.15) is 40.2 Å². The Hall–Kier alpha value is -4.08. The fourth-order valence-electron chi connectivity index (χ4n) is 4.24. The first kappa shape index (κ1) is 25.0. The van der Waals surface area contributed by atoms with Crippen molar-refractivity contribution in [3.8, 4) is 0 Å². The minimum Gasteiger partial charge on any atom is -0.380 e. The number of carbonyl (C=O) groups is 2. The number of likely N-dealkylation sites (tertiary alicyclic amines) is 1. The highest BCUT2D eigenvalue weighted by Crippen LogP contribution is 2.31. The Morgan fingerprint density at radius 3 is 2.31 bits per heavy atom. The number of nitrogens with zero attached hydrogens (tertiary/aromatic N) is 2. The van der Waals surface area contributed by atoms with Crippen LogP contribution in [-0.4, -0.2) is 41.0 Å². The van der Waals surface area contributed by atoms with E-state index in [1.165, 1.54) is 6.20 Å². The first-order valence-corrected chi connectivity index (χ1v) is 11.5. The van der Waals surface area contributed by atoms with Gasteiger partial charge in [-0.2, -0.15) is 13.2 Å². The van der Waals surface area contributed by atoms with Crippen molar-refractivity contribution in [3.63, 3.8) is 0 Å². The minimum atomic E-state index is -4.83. The molecule has 4 rings (SSSR count). The Kier molecular flexibility index (Phi) is 7.42. The fraction of sp³-hybridized carbons (Fsp3) is 0.269. The van der Waals surface area contributed by atoms with Crippen LogP contribution in [-0.2, 0) is 11.3 Å². The lowest BCUT2D eigenvalue weighted by Gasteiger charge is -2.32. The molecule has 0 atom stereocenters. The van der Waals surface area contributed by atoms with Crippen molar-refractivity contribution < 1.29 is 22.8 Å². The van der Waals surface area contributed by atoms with Crippen molar-refractivity contribution in [1.82, 2.24) is 9.88 Å². The van der Waals surface area contributed by atoms with Crippen molar-refractivity contribution in [3.05, 3.63) is 83.6 Å². The average Bonchev–Trinajstić information content (AvgIpc) is 2.87. The molecule has 0 unspecified atom stereocenters. The van der Waals surface area contributed by atoms with Crippen LogP contribution in [0.2, 0.25) is 0 Å². The van der Waals surface area contributed by atoms with Gasteiger partial charge in [-0.3, -0.25) is 9.59 Å². The number of carbonyl (C=O) groups excluding carboxylic acids is 2. The van der Waals surface area contributed by atoms with Crippen molar-refractivity contribution in [2.45, 2.75) is 31.5 Å². The lowest BCUT2D eigenvalue weighted by atomic mass is 9.89. The molecule has 3 aromatic rings. The summed E-state index contributed by atoms with van der Waals surface area (Å²) in [5, 5.41) is 6.43. The molecule has 4 N–H and O–H groups in total. The SMILES string of the molecule is NC(=O)c1cnc(Nc2ccc(C3CCN(C(=O)C(F)(F)F)CC3)cc2)cc1NCc1ccccc1. The maximum absolute atomic E-state index is 12.7. The standard InChI is InChI=1S/C26H26F3N5O2/c27-26(28,29)25(36)34-12-10-19(11-13-34)18-6-8-20(9-7-18)33-23-14-22(21(16-32-23)24(30)35)31-15-17-4-2-1-3-5-17/h1-9,14,16,19H,10-13,15H2,(H2,30,35)(H2,31,32,33). The number of alkyl halides is 3. The molecule has 2 amide bonds. The zero-order valence-corrected chi connectivity index (χ0v) is 19.4. The minimum absolute atomic E-state index is 0.0813. The molecule has 36 heavy (non-hydrogen) atoms. The van der Waals surface area contributed by atoms with Gasteiger partial charge in [-0.05, 0) is 42.0 Å². The number of primary amides is 1. The van der Waals surface area contributed by atoms with Crippen LogP contribution in [0.15, 0.2) is 66.9 Å². The summed E-state index contributed by atoms with van der Waals surface area (Å²) < 4.78 is 38.0. The van der Waals surface area contributed by atoms with Gasteiger partial charge < -0.3 is 21.3 Å². The molecule has 10 heteroatoms. The number of piperidine rings is 1. The maximum atomic E-state index is 12.7. The van der Waals surface area contributed by atoms with E-state index < -0.39 is 18.0 Å². The largest absolute Gasteiger partial charge is 0.471 e. The predicted octanol–water partition coefficient (Wildman–Crippen LogP) is 4.80. The van der Waals surface area contributed by atoms with Crippen LogP contribution in [0, 0.1) is 0 Å². The van der Waals surface area contributed by atoms with Crippen molar-refractivity contribution in [2.24, 2.45) is 5.73 Å². The van der Waals surface area contributed by atoms with Gasteiger partial charge >= 0.3 is 12.1 Å². The van der Waals surface area contributed by atoms with E-state index in [-0.39, 0.29) is 24.6 Å². The van der Waals surface area contributed by atoms with Crippen LogP contribution in [0.4, 0.5) is 30.4 Å². The van der Waals surface area contributed by atoms with Crippen LogP contribution in [0.25, 0.3) is 0 Å². The lowest BCUT2D eigenvalue weighted by Crippen LogP contribution is -2.45. The fourth-order valence-corrected chi connectivity index (χ4v) is 4.24. The molecule has 188 valence electrons. The molecule has 0 aliphatic carbocycles. The van der Waals surface area contributed by atoms with Gasteiger partial charge in [0.2, 0.25) is 0 Å². The van der Waals surface area contributed by atoms with Gasteiger partial charge in [-0.25, -0.2) is 4.98 Å². The number of hydrogen-bond donors (Lipinski definition) is 3. The molecule has 0 saturated carbocycles. The van der Waals surface area contributed by atoms with Gasteiger partial charge in [0.1, 0.15) is 5.82 Å². The first-order valence-electron chi connectivity index (χ1n) is 11.5. The van der Waals surface area contributed by atoms with E-state index in [0.29, 0.717) is 30.9 Å². The molecule has 1 fully saturated rings. The normalized spacial score (nSPS) is 14.4. The monoisotopic (exact) mass is 497 g/mol. The van der Waals surface area contributed by atoms with Crippen LogP contribution in [0.5, 0.6) is 0 Å². The Bertz CT molecular complexity index is 1210. The van der Waals surface area contributed by atoms with Gasteiger partial charge in [-0.15, -0.1) is 0 Å². The van der Waals surface area contributed by atoms with E-state index in [9.17, 15) is 22.8 Å². The van der Waals surface area contributed by atoms with Crippen LogP contribution >= 0.6 is 0 Å². The molecule has 1 aliphatic rings. The van der Waals surface area contributed by atoms with Gasteiger partial charge in [0.15, 0.2) is 0 Å². The second-order valence-corrected chi connectivity index (χ2v) is 8.63. The summed E-state index contributed by atoms with van der Waals surface area (Å²) in [5.41, 5.74) is 9.15. The van der Waals surface area contributed by atoms with E-state index in [2.05, 4.69) is 15.6 Å². The second-order valence-electron chi connectivity index (χ2n) is 8.63. The van der Waals surface area contributed by atoms with Crippen LogP contribution in [0.3, 0.4) is 0 Å². The van der Waals surface area contributed by atoms with Gasteiger partial charge in [0.25, 0.3) is 5.91 Å². The number of nitrogens with one attached hydrogen (secondary N) is 2. The number of anilines is 3. The Morgan fingerprint density at radius 2 is 1.69 bits per heavy atom. The molecular weight excluding hydrogens is 471 g/mol. The third-order valence-electron chi connectivity index (χ3n) is 6.17. The van der Waals surface area contributed by atoms with Gasteiger partial charge in [-0.1, -0.05) is 42.5 Å². The molecule has 0 radical (unpaired) electrons. The highest BCUT2D eigenvalue weighted by Gasteiger charge is 2.43. The molecule has 1 saturated heterocycles. The van der Waals surface area contributed by atoms with E-state index in [1.807, 2.05) is 54.6 Å². The predicted molar refractivity (Wildman–Crippen MR) is 131 cm³/mol. The third-order valence-corrected chi connectivity index (χ3v) is 6.17. The Balaban J connectivity index is 1.39. The number of rotatable bonds is 7. The molecule has 0 bridgehead atoms. The topological polar surface area (TPSA) is 100 Å². The summed E-state index contributed by atoms with van der Waals surface area (Å²) in [5.74, 6) is -1.76. The first-order chi connectivity index (χ1) is 17.2. The number of benzene rings is 2. The molecule has 2 aromatic carbocycles. The van der Waals surface area contributed by atoms with Crippen LogP contribution < -0.4 is 16.4 Å². The number of hydrogen-bond acceptors (Lipinski definition) is 5. The molecule has 0 spiro atoms. The zero-order chi connectivity index (χ0) is 25.7. The highest BCUT2D eigenvalue weighted by atomic mass is 19.4. The van der Waals surface area contributed by atoms with Crippen molar-refractivity contribution in [2.75, 3.05) is 23.7 Å². The molecular formula is C26H26F3N5O2. The van der Waals surface area contributed by atoms with E-state index >= 15 is 0 Å². The van der Waals surface area contributed by atoms with Crippen molar-refractivity contribution >= 4 is 29.0 Å². The van der Waals surface area contributed by atoms with Gasteiger partial charge in [0, 0.05) is 37.6 Å². The summed E-state index contributed by atoms with van der Waals surface area (Å²) in [6, 6.07) is 19.0. The number of amides is 2. The number of pyridine rings is 1. The lowest BCUT2D eigenvalue weighted by molar-refractivity contribution is -0.186. The average molecular weight is 498 g/mol. The summed E-state index contributed by atoms with van der Waals surface area (Å²) in [6.07, 6.45) is -2.47. The summed E-state index contributed by atoms with van der Waals surface area (Å²) >= 11 is 0. The Labute approximate surface area is 206 Å². The highest BCUT2D eigenvalue weighted by molar-refractivity contribution is 5.98. The van der Waals surface area contributed by atoms with Gasteiger partial charge in [0.05, 0.1) is 11.3 Å². The number of nitrogens with two attached hydrogens (primary N) is 1. The van der Waals surface area contributed by atoms with Crippen molar-refractivity contribution in [1.29, 1.82) is 0 Å². The smallest absolute Gasteiger partial charge is 0.380 e. The molecule has 1 aliphatic heterocycles. The summed E-state index contributed by atoms with van der Waals surface area (Å²) in [6.45, 7) is 0.669. The number of halogens is 3. The molecule has 1 aromatic heterocycles. The summed E-state index contributed by atoms with van der Waals surface area (Å²) in [4.78, 5) is 28.4. The Morgan fingerprint density at radius 1 is 1.03 bits per heavy atom. The van der Waals surface area contributed by atoms with E-state index in [1.54, 1.807) is 6.07 Å². The summed E-state index contributed by atoms with van der Waals surface area (Å²) in [7, 11) is 0. The molecule has 7 nitrogen and oxygen atoms in total. The maximum Gasteiger partial charge on any atom is 0.471 e. The van der Waals surface area contributed by atoms with E-state index in [0.717, 1.165) is 21.7 Å².